The van der Waals surface area contributed by atoms with Crippen LogP contribution in [0.2, 0.25) is 0 Å². The van der Waals surface area contributed by atoms with Crippen LogP contribution in [-0.4, -0.2) is 58.5 Å². The molecule has 0 saturated carbocycles. The monoisotopic (exact) mass is 674 g/mol. The topological polar surface area (TPSA) is 127 Å². The van der Waals surface area contributed by atoms with Gasteiger partial charge < -0.3 is 9.47 Å². The molecule has 2 heterocycles. The predicted molar refractivity (Wildman–Crippen MR) is 186 cm³/mol. The molecule has 8 rings (SSSR count). The molecular weight excluding hydrogens is 648 g/mol. The van der Waals surface area contributed by atoms with Gasteiger partial charge in [-0.1, -0.05) is 91.0 Å². The average Bonchev–Trinajstić information content (AvgIpc) is 3.53. The van der Waals surface area contributed by atoms with Gasteiger partial charge in [0.1, 0.15) is 24.6 Å². The van der Waals surface area contributed by atoms with Crippen LogP contribution in [0.1, 0.15) is 52.6 Å². The van der Waals surface area contributed by atoms with Gasteiger partial charge in [-0.15, -0.1) is 0 Å². The van der Waals surface area contributed by atoms with Crippen molar-refractivity contribution < 1.29 is 38.2 Å². The molecule has 4 amide bonds. The molecule has 0 spiro atoms. The van der Waals surface area contributed by atoms with E-state index in [1.165, 1.54) is 24.3 Å². The summed E-state index contributed by atoms with van der Waals surface area (Å²) in [6, 6.07) is 34.7. The maximum Gasteiger partial charge on any atom is 0.331 e. The molecule has 0 bridgehead atoms. The van der Waals surface area contributed by atoms with Gasteiger partial charge in [0.2, 0.25) is 0 Å². The lowest BCUT2D eigenvalue weighted by atomic mass is 9.95. The Bertz CT molecular complexity index is 2430. The van der Waals surface area contributed by atoms with Gasteiger partial charge in [-0.25, -0.2) is 9.59 Å². The van der Waals surface area contributed by atoms with E-state index in [4.69, 9.17) is 9.47 Å². The number of hydrogen-bond donors (Lipinski definition) is 0. The summed E-state index contributed by atoms with van der Waals surface area (Å²) in [6.45, 7) is -1.18. The Morgan fingerprint density at radius 2 is 0.902 bits per heavy atom. The third-order valence-corrected chi connectivity index (χ3v) is 9.10. The third-order valence-electron chi connectivity index (χ3n) is 9.10. The van der Waals surface area contributed by atoms with E-state index in [0.717, 1.165) is 26.0 Å². The Morgan fingerprint density at radius 3 is 1.45 bits per heavy atom. The zero-order chi connectivity index (χ0) is 35.2. The Labute approximate surface area is 290 Å². The van der Waals surface area contributed by atoms with E-state index in [2.05, 4.69) is 0 Å². The second-order valence-corrected chi connectivity index (χ2v) is 12.1. The van der Waals surface area contributed by atoms with Crippen LogP contribution in [0, 0.1) is 0 Å². The van der Waals surface area contributed by atoms with Crippen LogP contribution in [-0.2, 0) is 16.0 Å². The molecule has 51 heavy (non-hydrogen) atoms. The maximum absolute atomic E-state index is 13.5. The minimum absolute atomic E-state index is 0.136. The van der Waals surface area contributed by atoms with E-state index in [1.807, 2.05) is 42.5 Å². The summed E-state index contributed by atoms with van der Waals surface area (Å²) < 4.78 is 11.9. The number of carbonyl (C=O) groups is 6. The van der Waals surface area contributed by atoms with Crippen molar-refractivity contribution in [2.75, 3.05) is 13.1 Å². The summed E-state index contributed by atoms with van der Waals surface area (Å²) in [7, 11) is 0. The number of benzene rings is 6. The molecule has 6 aromatic rings. The number of ether oxygens (including phenoxy) is 2. The van der Waals surface area contributed by atoms with Gasteiger partial charge in [-0.3, -0.25) is 29.0 Å². The normalized spacial score (nSPS) is 13.6. The predicted octanol–water partition coefficient (Wildman–Crippen LogP) is 5.99. The van der Waals surface area contributed by atoms with E-state index in [0.29, 0.717) is 16.5 Å². The number of imide groups is 2. The van der Waals surface area contributed by atoms with Crippen molar-refractivity contribution in [3.05, 3.63) is 155 Å². The van der Waals surface area contributed by atoms with Gasteiger partial charge in [0.25, 0.3) is 23.6 Å². The summed E-state index contributed by atoms with van der Waals surface area (Å²) in [4.78, 5) is 80.4. The average molecular weight is 675 g/mol. The summed E-state index contributed by atoms with van der Waals surface area (Å²) >= 11 is 0. The van der Waals surface area contributed by atoms with Crippen molar-refractivity contribution in [1.82, 2.24) is 9.80 Å². The second-order valence-electron chi connectivity index (χ2n) is 12.1. The Kier molecular flexibility index (Phi) is 7.68. The fourth-order valence-electron chi connectivity index (χ4n) is 6.66. The molecule has 0 fully saturated rings. The van der Waals surface area contributed by atoms with E-state index in [1.54, 1.807) is 54.6 Å². The second kappa shape index (κ2) is 12.5. The van der Waals surface area contributed by atoms with Crippen LogP contribution in [0.5, 0.6) is 11.5 Å². The number of nitrogens with zero attached hydrogens (tertiary/aromatic N) is 2. The number of hydrogen-bond acceptors (Lipinski definition) is 8. The summed E-state index contributed by atoms with van der Waals surface area (Å²) in [5.74, 6) is -3.49. The minimum atomic E-state index is -0.813. The quantitative estimate of drug-likeness (QED) is 0.110. The van der Waals surface area contributed by atoms with Crippen molar-refractivity contribution in [2.24, 2.45) is 0 Å². The van der Waals surface area contributed by atoms with E-state index in [-0.39, 0.29) is 40.2 Å². The van der Waals surface area contributed by atoms with Crippen molar-refractivity contribution in [3.8, 4) is 11.5 Å². The zero-order valence-corrected chi connectivity index (χ0v) is 26.8. The molecule has 248 valence electrons. The number of esters is 2. The van der Waals surface area contributed by atoms with Crippen LogP contribution >= 0.6 is 0 Å². The van der Waals surface area contributed by atoms with Crippen LogP contribution in [0.25, 0.3) is 21.5 Å². The highest BCUT2D eigenvalue weighted by atomic mass is 16.5. The van der Waals surface area contributed by atoms with E-state index >= 15 is 0 Å². The van der Waals surface area contributed by atoms with Gasteiger partial charge >= 0.3 is 11.9 Å². The van der Waals surface area contributed by atoms with Crippen molar-refractivity contribution >= 4 is 57.1 Å². The van der Waals surface area contributed by atoms with E-state index in [9.17, 15) is 28.8 Å². The van der Waals surface area contributed by atoms with Gasteiger partial charge in [0.05, 0.1) is 22.3 Å². The van der Waals surface area contributed by atoms with Gasteiger partial charge in [-0.2, -0.15) is 0 Å². The third kappa shape index (κ3) is 5.48. The molecule has 0 N–H and O–H groups in total. The highest BCUT2D eigenvalue weighted by Crippen LogP contribution is 2.37. The van der Waals surface area contributed by atoms with Gasteiger partial charge in [0.15, 0.2) is 0 Å². The Hall–Kier alpha value is -6.94. The number of rotatable bonds is 8. The van der Waals surface area contributed by atoms with Gasteiger partial charge in [0, 0.05) is 22.9 Å². The van der Waals surface area contributed by atoms with Gasteiger partial charge in [-0.05, 0) is 46.5 Å². The molecule has 10 heteroatoms. The highest BCUT2D eigenvalue weighted by Gasteiger charge is 2.38. The molecule has 0 aromatic heterocycles. The molecular formula is C41H26N2O8. The zero-order valence-electron chi connectivity index (χ0n) is 26.8. The first-order valence-corrected chi connectivity index (χ1v) is 16.1. The first kappa shape index (κ1) is 31.3. The molecule has 0 aliphatic carbocycles. The van der Waals surface area contributed by atoms with Crippen LogP contribution in [0.15, 0.2) is 121 Å². The molecule has 2 aliphatic rings. The van der Waals surface area contributed by atoms with Crippen molar-refractivity contribution in [2.45, 2.75) is 6.42 Å². The summed E-state index contributed by atoms with van der Waals surface area (Å²) in [5, 5.41) is 3.03. The standard InChI is InChI=1S/C41H26N2O8/c44-35(22-42-38(46)29-13-5-6-14-30(29)39(42)47)50-34-20-19-24-9-1-3-11-27(24)33(34)21-26-18-17-25-10-2-4-12-28(25)37(26)51-36(45)23-43-40(48)31-15-7-8-16-32(31)41(43)49/h1-20H,21-23H2. The maximum atomic E-state index is 13.5. The molecule has 2 aliphatic heterocycles. The summed E-state index contributed by atoms with van der Waals surface area (Å²) in [5.41, 5.74) is 2.06. The summed E-state index contributed by atoms with van der Waals surface area (Å²) in [6.07, 6.45) is 0.136. The number of fused-ring (bicyclic) bond motifs is 4. The molecule has 6 aromatic carbocycles. The Balaban J connectivity index is 1.11. The Morgan fingerprint density at radius 1 is 0.471 bits per heavy atom. The SMILES string of the molecule is O=C(CN1C(=O)c2ccccc2C1=O)Oc1ccc2ccccc2c1Cc1ccc2ccccc2c1OC(=O)CN1C(=O)c2ccccc2C1=O. The largest absolute Gasteiger partial charge is 0.425 e. The highest BCUT2D eigenvalue weighted by molar-refractivity contribution is 6.23. The smallest absolute Gasteiger partial charge is 0.331 e. The van der Waals surface area contributed by atoms with Crippen LogP contribution in [0.3, 0.4) is 0 Å². The lowest BCUT2D eigenvalue weighted by Gasteiger charge is -2.19. The van der Waals surface area contributed by atoms with Crippen LogP contribution in [0.4, 0.5) is 0 Å². The molecule has 0 radical (unpaired) electrons. The lowest BCUT2D eigenvalue weighted by molar-refractivity contribution is -0.135. The first-order valence-electron chi connectivity index (χ1n) is 16.1. The first-order chi connectivity index (χ1) is 24.8. The number of amides is 4. The van der Waals surface area contributed by atoms with Crippen molar-refractivity contribution in [1.29, 1.82) is 0 Å². The van der Waals surface area contributed by atoms with E-state index < -0.39 is 48.7 Å². The molecule has 0 unspecified atom stereocenters. The molecule has 10 nitrogen and oxygen atoms in total. The lowest BCUT2D eigenvalue weighted by Crippen LogP contribution is -2.36. The fourth-order valence-corrected chi connectivity index (χ4v) is 6.66. The number of carbonyl (C=O) groups excluding carboxylic acids is 6. The minimum Gasteiger partial charge on any atom is -0.425 e. The van der Waals surface area contributed by atoms with Crippen molar-refractivity contribution in [3.63, 3.8) is 0 Å². The van der Waals surface area contributed by atoms with Crippen LogP contribution < -0.4 is 9.47 Å². The molecule has 0 atom stereocenters. The fraction of sp³-hybridized carbons (Fsp3) is 0.0732. The molecule has 0 saturated heterocycles.